The molecule has 0 saturated heterocycles. The van der Waals surface area contributed by atoms with E-state index in [0.717, 1.165) is 21.0 Å². The maximum absolute atomic E-state index is 13.5. The predicted molar refractivity (Wildman–Crippen MR) is 130 cm³/mol. The lowest BCUT2D eigenvalue weighted by atomic mass is 10.0. The van der Waals surface area contributed by atoms with Crippen LogP contribution in [0.15, 0.2) is 77.7 Å². The van der Waals surface area contributed by atoms with Crippen LogP contribution < -0.4 is 9.62 Å². The quantitative estimate of drug-likeness (QED) is 0.478. The summed E-state index contributed by atoms with van der Waals surface area (Å²) < 4.78 is 28.1. The van der Waals surface area contributed by atoms with Gasteiger partial charge in [-0.25, -0.2) is 8.42 Å². The average Bonchev–Trinajstić information content (AvgIpc) is 2.76. The molecule has 0 aliphatic carbocycles. The summed E-state index contributed by atoms with van der Waals surface area (Å²) in [5.41, 5.74) is 3.44. The number of rotatable bonds is 8. The van der Waals surface area contributed by atoms with Crippen LogP contribution in [0, 0.1) is 13.8 Å². The third kappa shape index (κ3) is 5.69. The molecule has 0 aliphatic rings. The van der Waals surface area contributed by atoms with Gasteiger partial charge in [0.1, 0.15) is 6.54 Å². The number of sulfonamides is 1. The smallest absolute Gasteiger partial charge is 0.264 e. The number of nitrogens with one attached hydrogen (secondary N) is 1. The number of amides is 1. The molecular formula is C25H27ClN2O3S. The van der Waals surface area contributed by atoms with Crippen molar-refractivity contribution < 1.29 is 13.2 Å². The summed E-state index contributed by atoms with van der Waals surface area (Å²) in [6, 6.07) is 20.8. The molecule has 32 heavy (non-hydrogen) atoms. The van der Waals surface area contributed by atoms with Crippen molar-refractivity contribution >= 4 is 33.2 Å². The Kier molecular flexibility index (Phi) is 7.59. The lowest BCUT2D eigenvalue weighted by molar-refractivity contribution is -0.120. The van der Waals surface area contributed by atoms with Gasteiger partial charge in [0.05, 0.1) is 16.6 Å². The van der Waals surface area contributed by atoms with E-state index in [1.807, 2.05) is 51.1 Å². The van der Waals surface area contributed by atoms with E-state index in [4.69, 9.17) is 11.6 Å². The Morgan fingerprint density at radius 2 is 1.62 bits per heavy atom. The maximum atomic E-state index is 13.5. The molecule has 168 valence electrons. The first-order valence-corrected chi connectivity index (χ1v) is 12.2. The van der Waals surface area contributed by atoms with Crippen molar-refractivity contribution in [2.45, 2.75) is 38.1 Å². The van der Waals surface area contributed by atoms with Gasteiger partial charge < -0.3 is 5.32 Å². The van der Waals surface area contributed by atoms with Crippen LogP contribution in [-0.2, 0) is 14.8 Å². The minimum Gasteiger partial charge on any atom is -0.348 e. The van der Waals surface area contributed by atoms with Gasteiger partial charge in [-0.05, 0) is 67.8 Å². The minimum atomic E-state index is -3.98. The SMILES string of the molecule is CCC(NC(=O)CN(c1cccc(C)c1)S(=O)(=O)c1ccc(Cl)cc1)c1ccc(C)cc1. The van der Waals surface area contributed by atoms with E-state index in [2.05, 4.69) is 5.32 Å². The van der Waals surface area contributed by atoms with Crippen LogP contribution in [0.5, 0.6) is 0 Å². The molecule has 7 heteroatoms. The Morgan fingerprint density at radius 3 is 2.22 bits per heavy atom. The molecule has 3 aromatic carbocycles. The van der Waals surface area contributed by atoms with E-state index < -0.39 is 10.0 Å². The first kappa shape index (κ1) is 23.8. The van der Waals surface area contributed by atoms with Gasteiger partial charge in [-0.2, -0.15) is 0 Å². The van der Waals surface area contributed by atoms with Crippen molar-refractivity contribution in [3.05, 3.63) is 94.5 Å². The van der Waals surface area contributed by atoms with Crippen LogP contribution in [0.2, 0.25) is 5.02 Å². The van der Waals surface area contributed by atoms with Crippen LogP contribution in [0.1, 0.15) is 36.1 Å². The molecule has 0 aliphatic heterocycles. The molecule has 0 fully saturated rings. The second-order valence-electron chi connectivity index (χ2n) is 7.74. The molecule has 0 radical (unpaired) electrons. The fourth-order valence-electron chi connectivity index (χ4n) is 3.42. The number of hydrogen-bond acceptors (Lipinski definition) is 3. The predicted octanol–water partition coefficient (Wildman–Crippen LogP) is 5.42. The number of benzene rings is 3. The lowest BCUT2D eigenvalue weighted by Gasteiger charge is -2.26. The zero-order valence-corrected chi connectivity index (χ0v) is 20.0. The van der Waals surface area contributed by atoms with Gasteiger partial charge in [0.15, 0.2) is 0 Å². The van der Waals surface area contributed by atoms with Crippen molar-refractivity contribution in [3.8, 4) is 0 Å². The molecule has 1 N–H and O–H groups in total. The summed E-state index contributed by atoms with van der Waals surface area (Å²) in [7, 11) is -3.98. The topological polar surface area (TPSA) is 66.5 Å². The number of anilines is 1. The number of halogens is 1. The molecule has 0 bridgehead atoms. The van der Waals surface area contributed by atoms with Crippen molar-refractivity contribution in [1.29, 1.82) is 0 Å². The average molecular weight is 471 g/mol. The van der Waals surface area contributed by atoms with E-state index in [0.29, 0.717) is 17.1 Å². The number of carbonyl (C=O) groups is 1. The zero-order chi connectivity index (χ0) is 23.3. The van der Waals surface area contributed by atoms with Crippen LogP contribution in [0.4, 0.5) is 5.69 Å². The van der Waals surface area contributed by atoms with Crippen molar-refractivity contribution in [2.75, 3.05) is 10.8 Å². The number of hydrogen-bond donors (Lipinski definition) is 1. The lowest BCUT2D eigenvalue weighted by Crippen LogP contribution is -2.42. The highest BCUT2D eigenvalue weighted by molar-refractivity contribution is 7.92. The van der Waals surface area contributed by atoms with Crippen molar-refractivity contribution in [1.82, 2.24) is 5.32 Å². The summed E-state index contributed by atoms with van der Waals surface area (Å²) in [5, 5.41) is 3.42. The second-order valence-corrected chi connectivity index (χ2v) is 10.0. The Morgan fingerprint density at radius 1 is 0.969 bits per heavy atom. The second kappa shape index (κ2) is 10.2. The Labute approximate surface area is 195 Å². The standard InChI is InChI=1S/C25H27ClN2O3S/c1-4-24(20-10-8-18(2)9-11-20)27-25(29)17-28(22-7-5-6-19(3)16-22)32(30,31)23-14-12-21(26)13-15-23/h5-16,24H,4,17H2,1-3H3,(H,27,29). The number of nitrogens with zero attached hydrogens (tertiary/aromatic N) is 1. The van der Waals surface area contributed by atoms with E-state index in [9.17, 15) is 13.2 Å². The van der Waals surface area contributed by atoms with Crippen LogP contribution >= 0.6 is 11.6 Å². The monoisotopic (exact) mass is 470 g/mol. The third-order valence-corrected chi connectivity index (χ3v) is 7.24. The van der Waals surface area contributed by atoms with Crippen LogP contribution in [0.3, 0.4) is 0 Å². The normalized spacial score (nSPS) is 12.2. The Balaban J connectivity index is 1.91. The Bertz CT molecular complexity index is 1180. The van der Waals surface area contributed by atoms with Gasteiger partial charge in [0.2, 0.25) is 5.91 Å². The highest BCUT2D eigenvalue weighted by Crippen LogP contribution is 2.26. The molecule has 3 rings (SSSR count). The highest BCUT2D eigenvalue weighted by atomic mass is 35.5. The molecule has 5 nitrogen and oxygen atoms in total. The molecule has 1 amide bonds. The zero-order valence-electron chi connectivity index (χ0n) is 18.4. The maximum Gasteiger partial charge on any atom is 0.264 e. The molecule has 3 aromatic rings. The van der Waals surface area contributed by atoms with E-state index >= 15 is 0 Å². The Hall–Kier alpha value is -2.83. The summed E-state index contributed by atoms with van der Waals surface area (Å²) in [4.78, 5) is 13.1. The molecule has 0 aromatic heterocycles. The van der Waals surface area contributed by atoms with Gasteiger partial charge in [0.25, 0.3) is 10.0 Å². The van der Waals surface area contributed by atoms with Gasteiger partial charge in [-0.15, -0.1) is 0 Å². The summed E-state index contributed by atoms with van der Waals surface area (Å²) in [6.45, 7) is 5.52. The van der Waals surface area contributed by atoms with E-state index in [1.54, 1.807) is 18.2 Å². The van der Waals surface area contributed by atoms with Gasteiger partial charge in [-0.1, -0.05) is 60.5 Å². The van der Waals surface area contributed by atoms with E-state index in [1.165, 1.54) is 24.3 Å². The fourth-order valence-corrected chi connectivity index (χ4v) is 4.96. The number of carbonyl (C=O) groups excluding carboxylic acids is 1. The minimum absolute atomic E-state index is 0.0711. The largest absolute Gasteiger partial charge is 0.348 e. The van der Waals surface area contributed by atoms with Gasteiger partial charge in [0, 0.05) is 5.02 Å². The van der Waals surface area contributed by atoms with Crippen LogP contribution in [-0.4, -0.2) is 20.9 Å². The highest BCUT2D eigenvalue weighted by Gasteiger charge is 2.28. The van der Waals surface area contributed by atoms with Gasteiger partial charge in [-0.3, -0.25) is 9.10 Å². The van der Waals surface area contributed by atoms with Gasteiger partial charge >= 0.3 is 0 Å². The molecule has 1 atom stereocenters. The van der Waals surface area contributed by atoms with Crippen molar-refractivity contribution in [2.24, 2.45) is 0 Å². The fraction of sp³-hybridized carbons (Fsp3) is 0.240. The molecular weight excluding hydrogens is 444 g/mol. The first-order chi connectivity index (χ1) is 15.2. The summed E-state index contributed by atoms with van der Waals surface area (Å²) in [5.74, 6) is -0.378. The van der Waals surface area contributed by atoms with Crippen molar-refractivity contribution in [3.63, 3.8) is 0 Å². The first-order valence-electron chi connectivity index (χ1n) is 10.4. The summed E-state index contributed by atoms with van der Waals surface area (Å²) in [6.07, 6.45) is 0.684. The molecule has 0 spiro atoms. The number of aryl methyl sites for hydroxylation is 2. The summed E-state index contributed by atoms with van der Waals surface area (Å²) >= 11 is 5.93. The third-order valence-electron chi connectivity index (χ3n) is 5.20. The van der Waals surface area contributed by atoms with E-state index in [-0.39, 0.29) is 23.4 Å². The van der Waals surface area contributed by atoms with Crippen LogP contribution in [0.25, 0.3) is 0 Å². The molecule has 0 heterocycles. The molecule has 1 unspecified atom stereocenters. The molecule has 0 saturated carbocycles.